The van der Waals surface area contributed by atoms with E-state index in [0.717, 1.165) is 5.56 Å². The standard InChI is InChI=1S/C13H12ClN3S/c1-9(2)17-8-10(7-16-17)3-4-11-13(14)12(18)5-6-15-11/h5-9H,1-2H3,(H,15,18). The van der Waals surface area contributed by atoms with E-state index in [2.05, 4.69) is 35.8 Å². The Morgan fingerprint density at radius 2 is 2.22 bits per heavy atom. The lowest BCUT2D eigenvalue weighted by atomic mass is 10.3. The minimum atomic E-state index is 0.326. The molecule has 2 aromatic rings. The maximum Gasteiger partial charge on any atom is 0.110 e. The molecule has 0 aromatic carbocycles. The van der Waals surface area contributed by atoms with Crippen molar-refractivity contribution in [3.63, 3.8) is 0 Å². The van der Waals surface area contributed by atoms with E-state index < -0.39 is 0 Å². The van der Waals surface area contributed by atoms with Crippen molar-refractivity contribution < 1.29 is 0 Å². The number of rotatable bonds is 1. The van der Waals surface area contributed by atoms with Crippen LogP contribution in [0, 0.1) is 16.4 Å². The highest BCUT2D eigenvalue weighted by Gasteiger charge is 2.00. The van der Waals surface area contributed by atoms with E-state index >= 15 is 0 Å². The normalized spacial score (nSPS) is 10.2. The van der Waals surface area contributed by atoms with Gasteiger partial charge in [-0.25, -0.2) is 0 Å². The van der Waals surface area contributed by atoms with Gasteiger partial charge in [-0.2, -0.15) is 5.10 Å². The predicted octanol–water partition coefficient (Wildman–Crippen LogP) is 3.57. The first-order valence-electron chi connectivity index (χ1n) is 5.51. The summed E-state index contributed by atoms with van der Waals surface area (Å²) in [6.07, 6.45) is 5.37. The van der Waals surface area contributed by atoms with Crippen LogP contribution in [0.2, 0.25) is 5.02 Å². The number of hydrogen-bond acceptors (Lipinski definition) is 2. The maximum atomic E-state index is 6.06. The van der Waals surface area contributed by atoms with E-state index in [0.29, 0.717) is 21.3 Å². The van der Waals surface area contributed by atoms with Crippen molar-refractivity contribution in [2.75, 3.05) is 0 Å². The Bertz CT molecular complexity index is 673. The second kappa shape index (κ2) is 5.38. The third-order valence-electron chi connectivity index (χ3n) is 2.36. The van der Waals surface area contributed by atoms with Gasteiger partial charge < -0.3 is 4.98 Å². The zero-order valence-electron chi connectivity index (χ0n) is 10.1. The summed E-state index contributed by atoms with van der Waals surface area (Å²) < 4.78 is 2.45. The van der Waals surface area contributed by atoms with Crippen LogP contribution in [0.1, 0.15) is 31.1 Å². The van der Waals surface area contributed by atoms with E-state index in [4.69, 9.17) is 23.8 Å². The number of hydrogen-bond donors (Lipinski definition) is 1. The Morgan fingerprint density at radius 3 is 2.89 bits per heavy atom. The summed E-state index contributed by atoms with van der Waals surface area (Å²) in [7, 11) is 0. The molecule has 2 aromatic heterocycles. The summed E-state index contributed by atoms with van der Waals surface area (Å²) in [6.45, 7) is 4.13. The molecule has 1 N–H and O–H groups in total. The smallest absolute Gasteiger partial charge is 0.110 e. The fourth-order valence-electron chi connectivity index (χ4n) is 1.37. The van der Waals surface area contributed by atoms with Crippen molar-refractivity contribution in [3.05, 3.63) is 45.4 Å². The first kappa shape index (κ1) is 12.9. The van der Waals surface area contributed by atoms with Crippen LogP contribution in [-0.4, -0.2) is 14.8 Å². The van der Waals surface area contributed by atoms with Gasteiger partial charge in [0.25, 0.3) is 0 Å². The highest BCUT2D eigenvalue weighted by molar-refractivity contribution is 7.71. The quantitative estimate of drug-likeness (QED) is 0.639. The molecule has 0 spiro atoms. The molecule has 0 aliphatic heterocycles. The molecular weight excluding hydrogens is 266 g/mol. The summed E-state index contributed by atoms with van der Waals surface area (Å²) in [5.74, 6) is 5.97. The Morgan fingerprint density at radius 1 is 1.44 bits per heavy atom. The number of nitrogens with one attached hydrogen (secondary N) is 1. The lowest BCUT2D eigenvalue weighted by Gasteiger charge is -2.02. The van der Waals surface area contributed by atoms with Crippen molar-refractivity contribution in [1.29, 1.82) is 0 Å². The van der Waals surface area contributed by atoms with Crippen LogP contribution in [0.25, 0.3) is 0 Å². The molecule has 18 heavy (non-hydrogen) atoms. The van der Waals surface area contributed by atoms with Gasteiger partial charge in [-0.1, -0.05) is 29.7 Å². The molecule has 0 fully saturated rings. The molecule has 3 nitrogen and oxygen atoms in total. The monoisotopic (exact) mass is 277 g/mol. The molecule has 0 atom stereocenters. The van der Waals surface area contributed by atoms with Gasteiger partial charge in [-0.15, -0.1) is 0 Å². The lowest BCUT2D eigenvalue weighted by molar-refractivity contribution is 0.532. The van der Waals surface area contributed by atoms with Gasteiger partial charge in [0, 0.05) is 18.4 Å². The molecule has 0 amide bonds. The molecule has 0 bridgehead atoms. The van der Waals surface area contributed by atoms with Gasteiger partial charge in [0.2, 0.25) is 0 Å². The minimum Gasteiger partial charge on any atom is -0.354 e. The summed E-state index contributed by atoms with van der Waals surface area (Å²) in [5.41, 5.74) is 1.48. The number of nitrogens with zero attached hydrogens (tertiary/aromatic N) is 2. The molecule has 2 heterocycles. The molecule has 2 rings (SSSR count). The maximum absolute atomic E-state index is 6.06. The molecular formula is C13H12ClN3S. The van der Waals surface area contributed by atoms with Gasteiger partial charge in [-0.05, 0) is 25.8 Å². The van der Waals surface area contributed by atoms with Gasteiger partial charge in [0.1, 0.15) is 5.69 Å². The summed E-state index contributed by atoms with van der Waals surface area (Å²) >= 11 is 11.1. The largest absolute Gasteiger partial charge is 0.354 e. The zero-order valence-corrected chi connectivity index (χ0v) is 11.6. The van der Waals surface area contributed by atoms with Crippen molar-refractivity contribution in [2.24, 2.45) is 0 Å². The molecule has 0 unspecified atom stereocenters. The van der Waals surface area contributed by atoms with E-state index in [1.54, 1.807) is 18.5 Å². The molecule has 92 valence electrons. The third kappa shape index (κ3) is 2.81. The molecule has 0 aliphatic carbocycles. The zero-order chi connectivity index (χ0) is 13.1. The topological polar surface area (TPSA) is 33.6 Å². The van der Waals surface area contributed by atoms with Gasteiger partial charge in [0.15, 0.2) is 0 Å². The predicted molar refractivity (Wildman–Crippen MR) is 75.2 cm³/mol. The van der Waals surface area contributed by atoms with Crippen LogP contribution in [0.15, 0.2) is 24.7 Å². The molecule has 0 saturated carbocycles. The Kier molecular flexibility index (Phi) is 3.85. The Balaban J connectivity index is 2.31. The average molecular weight is 278 g/mol. The average Bonchev–Trinajstić information content (AvgIpc) is 2.80. The molecule has 0 saturated heterocycles. The number of aromatic nitrogens is 3. The van der Waals surface area contributed by atoms with Crippen molar-refractivity contribution in [1.82, 2.24) is 14.8 Å². The van der Waals surface area contributed by atoms with Crippen molar-refractivity contribution in [3.8, 4) is 11.8 Å². The number of halogens is 1. The van der Waals surface area contributed by atoms with Gasteiger partial charge in [-0.3, -0.25) is 4.68 Å². The highest BCUT2D eigenvalue weighted by Crippen LogP contribution is 2.13. The summed E-state index contributed by atoms with van der Waals surface area (Å²) in [6, 6.07) is 2.06. The van der Waals surface area contributed by atoms with E-state index in [-0.39, 0.29) is 0 Å². The van der Waals surface area contributed by atoms with Crippen molar-refractivity contribution >= 4 is 23.8 Å². The number of pyridine rings is 1. The molecule has 0 aliphatic rings. The molecule has 0 radical (unpaired) electrons. The van der Waals surface area contributed by atoms with Crippen LogP contribution >= 0.6 is 23.8 Å². The van der Waals surface area contributed by atoms with Crippen LogP contribution in [0.5, 0.6) is 0 Å². The van der Waals surface area contributed by atoms with Crippen LogP contribution in [0.4, 0.5) is 0 Å². The lowest BCUT2D eigenvalue weighted by Crippen LogP contribution is -1.99. The fraction of sp³-hybridized carbons (Fsp3) is 0.231. The summed E-state index contributed by atoms with van der Waals surface area (Å²) in [4.78, 5) is 2.98. The third-order valence-corrected chi connectivity index (χ3v) is 3.21. The van der Waals surface area contributed by atoms with Crippen LogP contribution in [0.3, 0.4) is 0 Å². The minimum absolute atomic E-state index is 0.326. The van der Waals surface area contributed by atoms with E-state index in [9.17, 15) is 0 Å². The Hall–Kier alpha value is -1.57. The first-order valence-corrected chi connectivity index (χ1v) is 6.30. The first-order chi connectivity index (χ1) is 8.58. The van der Waals surface area contributed by atoms with Crippen molar-refractivity contribution in [2.45, 2.75) is 19.9 Å². The second-order valence-corrected chi connectivity index (χ2v) is 4.90. The Labute approximate surface area is 116 Å². The second-order valence-electron chi connectivity index (χ2n) is 4.08. The summed E-state index contributed by atoms with van der Waals surface area (Å²) in [5, 5.41) is 4.70. The van der Waals surface area contributed by atoms with E-state index in [1.165, 1.54) is 0 Å². The van der Waals surface area contributed by atoms with Crippen LogP contribution < -0.4 is 0 Å². The molecule has 5 heteroatoms. The number of H-pyrrole nitrogens is 1. The fourth-order valence-corrected chi connectivity index (χ4v) is 1.71. The van der Waals surface area contributed by atoms with Crippen LogP contribution in [-0.2, 0) is 0 Å². The van der Waals surface area contributed by atoms with Gasteiger partial charge >= 0.3 is 0 Å². The van der Waals surface area contributed by atoms with Gasteiger partial charge in [0.05, 0.1) is 21.3 Å². The van der Waals surface area contributed by atoms with E-state index in [1.807, 2.05) is 10.9 Å². The highest BCUT2D eigenvalue weighted by atomic mass is 35.5. The number of aromatic amines is 1. The SMILES string of the molecule is CC(C)n1cc(C#Cc2[nH]ccc(=S)c2Cl)cn1.